The molecule has 0 bridgehead atoms. The highest BCUT2D eigenvalue weighted by Gasteiger charge is 2.32. The Morgan fingerprint density at radius 1 is 1.11 bits per heavy atom. The van der Waals surface area contributed by atoms with Crippen molar-refractivity contribution in [1.82, 2.24) is 15.2 Å². The highest BCUT2D eigenvalue weighted by atomic mass is 32.2. The first-order valence-electron chi connectivity index (χ1n) is 11.6. The van der Waals surface area contributed by atoms with Gasteiger partial charge in [-0.25, -0.2) is 18.2 Å². The monoisotopic (exact) mass is 499 g/mol. The molecular formula is C25H29N3O6S. The molecule has 0 spiro atoms. The average molecular weight is 500 g/mol. The van der Waals surface area contributed by atoms with Crippen LogP contribution < -0.4 is 5.32 Å². The van der Waals surface area contributed by atoms with E-state index in [1.165, 1.54) is 0 Å². The molecule has 1 aliphatic rings. The Morgan fingerprint density at radius 3 is 2.49 bits per heavy atom. The first kappa shape index (κ1) is 24.7. The molecule has 1 aromatic heterocycles. The van der Waals surface area contributed by atoms with Crippen molar-refractivity contribution in [1.29, 1.82) is 0 Å². The van der Waals surface area contributed by atoms with E-state index in [2.05, 4.69) is 10.3 Å². The van der Waals surface area contributed by atoms with E-state index in [0.29, 0.717) is 31.8 Å². The van der Waals surface area contributed by atoms with Gasteiger partial charge in [-0.05, 0) is 37.0 Å². The second-order valence-corrected chi connectivity index (χ2v) is 11.1. The van der Waals surface area contributed by atoms with E-state index < -0.39 is 22.0 Å². The van der Waals surface area contributed by atoms with Gasteiger partial charge in [0.1, 0.15) is 28.0 Å². The first-order valence-corrected chi connectivity index (χ1v) is 13.6. The topological polar surface area (TPSA) is 119 Å². The maximum atomic E-state index is 13.2. The van der Waals surface area contributed by atoms with E-state index in [1.807, 2.05) is 54.6 Å². The molecule has 2 amide bonds. The molecular weight excluding hydrogens is 470 g/mol. The predicted octanol–water partition coefficient (Wildman–Crippen LogP) is 3.26. The van der Waals surface area contributed by atoms with Crippen LogP contribution in [0.2, 0.25) is 0 Å². The van der Waals surface area contributed by atoms with Crippen molar-refractivity contribution in [2.45, 2.75) is 37.8 Å². The number of para-hydroxylation sites is 2. The van der Waals surface area contributed by atoms with E-state index in [9.17, 15) is 18.0 Å². The molecule has 2 aromatic carbocycles. The summed E-state index contributed by atoms with van der Waals surface area (Å²) in [5.74, 6) is 0.211. The van der Waals surface area contributed by atoms with Crippen molar-refractivity contribution in [3.63, 3.8) is 0 Å². The number of likely N-dealkylation sites (tertiary alicyclic amines) is 1. The second-order valence-electron chi connectivity index (χ2n) is 8.80. The molecule has 9 nitrogen and oxygen atoms in total. The number of benzene rings is 2. The highest BCUT2D eigenvalue weighted by Crippen LogP contribution is 2.30. The summed E-state index contributed by atoms with van der Waals surface area (Å²) in [6.07, 6.45) is 1.64. The summed E-state index contributed by atoms with van der Waals surface area (Å²) in [4.78, 5) is 31.8. The number of rotatable bonds is 8. The predicted molar refractivity (Wildman–Crippen MR) is 130 cm³/mol. The zero-order chi connectivity index (χ0) is 24.8. The van der Waals surface area contributed by atoms with E-state index in [0.717, 1.165) is 22.9 Å². The smallest absolute Gasteiger partial charge is 0.408 e. The van der Waals surface area contributed by atoms with Crippen LogP contribution in [0.5, 0.6) is 0 Å². The van der Waals surface area contributed by atoms with E-state index in [1.54, 1.807) is 4.90 Å². The number of carbonyl (C=O) groups excluding carboxylic acids is 2. The molecule has 1 unspecified atom stereocenters. The number of ether oxygens (including phenoxy) is 1. The Morgan fingerprint density at radius 2 is 1.80 bits per heavy atom. The van der Waals surface area contributed by atoms with Crippen molar-refractivity contribution in [3.8, 4) is 0 Å². The minimum Gasteiger partial charge on any atom is -0.445 e. The van der Waals surface area contributed by atoms with Crippen LogP contribution in [0.1, 0.15) is 36.6 Å². The summed E-state index contributed by atoms with van der Waals surface area (Å²) in [7, 11) is -3.32. The Kier molecular flexibility index (Phi) is 7.70. The van der Waals surface area contributed by atoms with Crippen molar-refractivity contribution < 1.29 is 27.2 Å². The zero-order valence-electron chi connectivity index (χ0n) is 19.6. The van der Waals surface area contributed by atoms with Crippen molar-refractivity contribution in [2.24, 2.45) is 0 Å². The molecule has 35 heavy (non-hydrogen) atoms. The summed E-state index contributed by atoms with van der Waals surface area (Å²) >= 11 is 0. The lowest BCUT2D eigenvalue weighted by atomic mass is 9.96. The van der Waals surface area contributed by atoms with Gasteiger partial charge >= 0.3 is 6.09 Å². The molecule has 3 aromatic rings. The Balaban J connectivity index is 1.36. The fourth-order valence-corrected chi connectivity index (χ4v) is 4.79. The van der Waals surface area contributed by atoms with Gasteiger partial charge in [-0.15, -0.1) is 0 Å². The number of hydrogen-bond acceptors (Lipinski definition) is 7. The van der Waals surface area contributed by atoms with Crippen LogP contribution in [0.4, 0.5) is 4.79 Å². The Hall–Kier alpha value is -3.40. The lowest BCUT2D eigenvalue weighted by Gasteiger charge is -2.33. The summed E-state index contributed by atoms with van der Waals surface area (Å²) in [5, 5.41) is 2.57. The SMILES string of the molecule is CS(=O)(=O)CCC(NC(=O)OCc1ccccc1)C(=O)N1CCC(c2nc3ccccc3o2)CC1. The quantitative estimate of drug-likeness (QED) is 0.505. The van der Waals surface area contributed by atoms with E-state index in [-0.39, 0.29) is 30.6 Å². The molecule has 1 saturated heterocycles. The Bertz CT molecular complexity index is 1230. The molecule has 0 saturated carbocycles. The summed E-state index contributed by atoms with van der Waals surface area (Å²) in [6, 6.07) is 15.7. The number of oxazole rings is 1. The lowest BCUT2D eigenvalue weighted by molar-refractivity contribution is -0.134. The number of fused-ring (bicyclic) bond motifs is 1. The number of nitrogens with zero attached hydrogens (tertiary/aromatic N) is 2. The van der Waals surface area contributed by atoms with Gasteiger partial charge in [0.25, 0.3) is 0 Å². The highest BCUT2D eigenvalue weighted by molar-refractivity contribution is 7.90. The van der Waals surface area contributed by atoms with Crippen LogP contribution in [0.15, 0.2) is 59.0 Å². The van der Waals surface area contributed by atoms with Crippen molar-refractivity contribution in [2.75, 3.05) is 25.1 Å². The molecule has 1 fully saturated rings. The minimum absolute atomic E-state index is 0.0246. The van der Waals surface area contributed by atoms with E-state index >= 15 is 0 Å². The van der Waals surface area contributed by atoms with Gasteiger partial charge in [-0.2, -0.15) is 0 Å². The van der Waals surface area contributed by atoms with Crippen LogP contribution in [-0.2, 0) is 26.0 Å². The maximum absolute atomic E-state index is 13.2. The third kappa shape index (κ3) is 6.82. The average Bonchev–Trinajstić information content (AvgIpc) is 3.29. The van der Waals surface area contributed by atoms with Gasteiger partial charge in [0.2, 0.25) is 5.91 Å². The first-order chi connectivity index (χ1) is 16.8. The molecule has 1 atom stereocenters. The van der Waals surface area contributed by atoms with Crippen molar-refractivity contribution >= 4 is 32.9 Å². The number of amides is 2. The fourth-order valence-electron chi connectivity index (χ4n) is 4.13. The largest absolute Gasteiger partial charge is 0.445 e. The molecule has 0 radical (unpaired) electrons. The lowest BCUT2D eigenvalue weighted by Crippen LogP contribution is -2.51. The molecule has 4 rings (SSSR count). The molecule has 1 N–H and O–H groups in total. The number of aromatic nitrogens is 1. The molecule has 2 heterocycles. The number of alkyl carbamates (subject to hydrolysis) is 1. The summed E-state index contributed by atoms with van der Waals surface area (Å²) < 4.78 is 34.6. The number of hydrogen-bond donors (Lipinski definition) is 1. The summed E-state index contributed by atoms with van der Waals surface area (Å²) in [5.41, 5.74) is 2.35. The fraction of sp³-hybridized carbons (Fsp3) is 0.400. The van der Waals surface area contributed by atoms with Crippen LogP contribution in [0.25, 0.3) is 11.1 Å². The van der Waals surface area contributed by atoms with Crippen LogP contribution in [0.3, 0.4) is 0 Å². The van der Waals surface area contributed by atoms with Gasteiger partial charge in [0, 0.05) is 25.3 Å². The second kappa shape index (κ2) is 10.9. The van der Waals surface area contributed by atoms with Gasteiger partial charge in [0.05, 0.1) is 5.75 Å². The zero-order valence-corrected chi connectivity index (χ0v) is 20.4. The third-order valence-corrected chi connectivity index (χ3v) is 7.02. The molecule has 186 valence electrons. The minimum atomic E-state index is -3.32. The van der Waals surface area contributed by atoms with Crippen molar-refractivity contribution in [3.05, 3.63) is 66.1 Å². The van der Waals surface area contributed by atoms with Gasteiger partial charge < -0.3 is 19.4 Å². The van der Waals surface area contributed by atoms with E-state index in [4.69, 9.17) is 9.15 Å². The Labute approximate surface area is 204 Å². The number of nitrogens with one attached hydrogen (secondary N) is 1. The van der Waals surface area contributed by atoms with Crippen LogP contribution >= 0.6 is 0 Å². The summed E-state index contributed by atoms with van der Waals surface area (Å²) in [6.45, 7) is 0.965. The number of sulfone groups is 1. The molecule has 10 heteroatoms. The third-order valence-electron chi connectivity index (χ3n) is 6.05. The standard InChI is InChI=1S/C25H29N3O6S/c1-35(31,32)16-13-21(27-25(30)33-17-18-7-3-2-4-8-18)24(29)28-14-11-19(12-15-28)23-26-20-9-5-6-10-22(20)34-23/h2-10,19,21H,11-17H2,1H3,(H,27,30). The number of piperidine rings is 1. The number of carbonyl (C=O) groups is 2. The van der Waals surface area contributed by atoms with Crippen LogP contribution in [-0.4, -0.2) is 61.4 Å². The van der Waals surface area contributed by atoms with Gasteiger partial charge in [-0.1, -0.05) is 42.5 Å². The van der Waals surface area contributed by atoms with Gasteiger partial charge in [0.15, 0.2) is 11.5 Å². The normalized spacial score (nSPS) is 15.6. The van der Waals surface area contributed by atoms with Gasteiger partial charge in [-0.3, -0.25) is 4.79 Å². The molecule has 0 aliphatic carbocycles. The molecule has 1 aliphatic heterocycles. The van der Waals surface area contributed by atoms with Crippen LogP contribution in [0, 0.1) is 0 Å². The maximum Gasteiger partial charge on any atom is 0.408 e.